The summed E-state index contributed by atoms with van der Waals surface area (Å²) in [6, 6.07) is 4.22. The number of benzene rings is 1. The van der Waals surface area contributed by atoms with Crippen LogP contribution in [-0.4, -0.2) is 23.8 Å². The first-order valence-electron chi connectivity index (χ1n) is 5.19. The van der Waals surface area contributed by atoms with Gasteiger partial charge >= 0.3 is 0 Å². The monoisotopic (exact) mass is 269 g/mol. The number of hydrogen-bond acceptors (Lipinski definition) is 2. The van der Waals surface area contributed by atoms with Gasteiger partial charge in [-0.15, -0.1) is 0 Å². The SMILES string of the molecule is Cc1ccc(CC2(O)CNC2)c(C)c1Br. The fraction of sp³-hybridized carbons (Fsp3) is 0.500. The second-order valence-electron chi connectivity index (χ2n) is 4.49. The standard InChI is InChI=1S/C12H16BrNO/c1-8-3-4-10(9(2)11(8)13)5-12(15)6-14-7-12/h3-4,14-15H,5-7H2,1-2H3. The molecule has 3 heteroatoms. The van der Waals surface area contributed by atoms with Crippen LogP contribution in [-0.2, 0) is 6.42 Å². The molecule has 0 aliphatic carbocycles. The van der Waals surface area contributed by atoms with E-state index in [-0.39, 0.29) is 0 Å². The van der Waals surface area contributed by atoms with E-state index in [4.69, 9.17) is 0 Å². The van der Waals surface area contributed by atoms with Crippen molar-refractivity contribution in [1.82, 2.24) is 5.32 Å². The lowest BCUT2D eigenvalue weighted by atomic mass is 9.87. The van der Waals surface area contributed by atoms with Gasteiger partial charge in [0.15, 0.2) is 0 Å². The molecule has 2 N–H and O–H groups in total. The Morgan fingerprint density at radius 3 is 2.60 bits per heavy atom. The van der Waals surface area contributed by atoms with E-state index in [1.54, 1.807) is 0 Å². The minimum Gasteiger partial charge on any atom is -0.387 e. The first-order chi connectivity index (χ1) is 7.02. The topological polar surface area (TPSA) is 32.3 Å². The number of hydrogen-bond donors (Lipinski definition) is 2. The van der Waals surface area contributed by atoms with Gasteiger partial charge in [-0.2, -0.15) is 0 Å². The summed E-state index contributed by atoms with van der Waals surface area (Å²) in [5, 5.41) is 13.2. The molecule has 0 aromatic heterocycles. The van der Waals surface area contributed by atoms with Crippen molar-refractivity contribution in [3.8, 4) is 0 Å². The van der Waals surface area contributed by atoms with Gasteiger partial charge in [-0.25, -0.2) is 0 Å². The average Bonchev–Trinajstić information content (AvgIpc) is 2.17. The summed E-state index contributed by atoms with van der Waals surface area (Å²) in [7, 11) is 0. The van der Waals surface area contributed by atoms with Crippen molar-refractivity contribution in [3.05, 3.63) is 33.3 Å². The smallest absolute Gasteiger partial charge is 0.0935 e. The molecular weight excluding hydrogens is 254 g/mol. The van der Waals surface area contributed by atoms with Gasteiger partial charge < -0.3 is 10.4 Å². The van der Waals surface area contributed by atoms with Crippen LogP contribution in [0, 0.1) is 13.8 Å². The van der Waals surface area contributed by atoms with Gasteiger partial charge in [0.05, 0.1) is 5.60 Å². The molecule has 1 heterocycles. The van der Waals surface area contributed by atoms with Gasteiger partial charge in [0.1, 0.15) is 0 Å². The lowest BCUT2D eigenvalue weighted by Crippen LogP contribution is -2.60. The van der Waals surface area contributed by atoms with Crippen molar-refractivity contribution in [2.75, 3.05) is 13.1 Å². The normalized spacial score (nSPS) is 18.7. The van der Waals surface area contributed by atoms with Crippen LogP contribution in [0.2, 0.25) is 0 Å². The highest BCUT2D eigenvalue weighted by Gasteiger charge is 2.34. The van der Waals surface area contributed by atoms with Crippen LogP contribution >= 0.6 is 15.9 Å². The Kier molecular flexibility index (Phi) is 2.88. The Bertz CT molecular complexity index is 385. The summed E-state index contributed by atoms with van der Waals surface area (Å²) in [5.74, 6) is 0. The van der Waals surface area contributed by atoms with Crippen molar-refractivity contribution >= 4 is 15.9 Å². The molecule has 1 aliphatic heterocycles. The van der Waals surface area contributed by atoms with Gasteiger partial charge in [-0.05, 0) is 30.5 Å². The number of aryl methyl sites for hydroxylation is 1. The summed E-state index contributed by atoms with van der Waals surface area (Å²) in [6.45, 7) is 5.60. The maximum atomic E-state index is 10.1. The van der Waals surface area contributed by atoms with Crippen molar-refractivity contribution in [2.24, 2.45) is 0 Å². The Morgan fingerprint density at radius 2 is 2.07 bits per heavy atom. The van der Waals surface area contributed by atoms with Gasteiger partial charge in [0, 0.05) is 24.0 Å². The third kappa shape index (κ3) is 2.10. The maximum Gasteiger partial charge on any atom is 0.0935 e. The average molecular weight is 270 g/mol. The van der Waals surface area contributed by atoms with E-state index in [0.29, 0.717) is 13.1 Å². The Labute approximate surface area is 98.8 Å². The van der Waals surface area contributed by atoms with E-state index < -0.39 is 5.60 Å². The first-order valence-corrected chi connectivity index (χ1v) is 5.99. The summed E-state index contributed by atoms with van der Waals surface area (Å²) in [5.41, 5.74) is 3.20. The molecule has 1 aromatic rings. The zero-order chi connectivity index (χ0) is 11.1. The van der Waals surface area contributed by atoms with Gasteiger partial charge in [0.2, 0.25) is 0 Å². The van der Waals surface area contributed by atoms with Gasteiger partial charge in [0.25, 0.3) is 0 Å². The summed E-state index contributed by atoms with van der Waals surface area (Å²) < 4.78 is 1.16. The molecule has 1 saturated heterocycles. The fourth-order valence-electron chi connectivity index (χ4n) is 1.95. The summed E-state index contributed by atoms with van der Waals surface area (Å²) >= 11 is 3.58. The van der Waals surface area contributed by atoms with Crippen molar-refractivity contribution in [2.45, 2.75) is 25.9 Å². The van der Waals surface area contributed by atoms with Gasteiger partial charge in [-0.3, -0.25) is 0 Å². The van der Waals surface area contributed by atoms with E-state index in [2.05, 4.69) is 47.2 Å². The predicted octanol–water partition coefficient (Wildman–Crippen LogP) is 1.94. The minimum atomic E-state index is -0.528. The van der Waals surface area contributed by atoms with Crippen LogP contribution in [0.1, 0.15) is 16.7 Å². The Balaban J connectivity index is 2.25. The van der Waals surface area contributed by atoms with Crippen LogP contribution in [0.5, 0.6) is 0 Å². The van der Waals surface area contributed by atoms with E-state index in [0.717, 1.165) is 10.9 Å². The van der Waals surface area contributed by atoms with E-state index in [1.807, 2.05) is 0 Å². The highest BCUT2D eigenvalue weighted by molar-refractivity contribution is 9.10. The number of β-amino-alcohol motifs (C(OH)–C–C–N with tert-alkyl or cyclic N) is 1. The molecule has 0 spiro atoms. The van der Waals surface area contributed by atoms with Crippen molar-refractivity contribution in [1.29, 1.82) is 0 Å². The number of halogens is 1. The molecule has 1 aliphatic rings. The third-order valence-corrected chi connectivity index (χ3v) is 4.34. The van der Waals surface area contributed by atoms with E-state index >= 15 is 0 Å². The zero-order valence-electron chi connectivity index (χ0n) is 9.10. The second-order valence-corrected chi connectivity index (χ2v) is 5.28. The van der Waals surface area contributed by atoms with Crippen molar-refractivity contribution in [3.63, 3.8) is 0 Å². The lowest BCUT2D eigenvalue weighted by Gasteiger charge is -2.38. The highest BCUT2D eigenvalue weighted by atomic mass is 79.9. The minimum absolute atomic E-state index is 0.528. The molecule has 0 atom stereocenters. The molecule has 0 radical (unpaired) electrons. The van der Waals surface area contributed by atoms with Crippen LogP contribution < -0.4 is 5.32 Å². The number of nitrogens with one attached hydrogen (secondary N) is 1. The van der Waals surface area contributed by atoms with Crippen molar-refractivity contribution < 1.29 is 5.11 Å². The molecule has 0 unspecified atom stereocenters. The highest BCUT2D eigenvalue weighted by Crippen LogP contribution is 2.27. The predicted molar refractivity (Wildman–Crippen MR) is 65.1 cm³/mol. The molecule has 15 heavy (non-hydrogen) atoms. The molecule has 1 fully saturated rings. The van der Waals surface area contributed by atoms with Crippen LogP contribution in [0.15, 0.2) is 16.6 Å². The zero-order valence-corrected chi connectivity index (χ0v) is 10.7. The van der Waals surface area contributed by atoms with Crippen LogP contribution in [0.25, 0.3) is 0 Å². The lowest BCUT2D eigenvalue weighted by molar-refractivity contribution is -0.00915. The molecule has 82 valence electrons. The molecule has 0 bridgehead atoms. The molecule has 2 nitrogen and oxygen atoms in total. The van der Waals surface area contributed by atoms with E-state index in [9.17, 15) is 5.11 Å². The Hall–Kier alpha value is -0.380. The molecule has 0 amide bonds. The molecule has 0 saturated carbocycles. The quantitative estimate of drug-likeness (QED) is 0.860. The van der Waals surface area contributed by atoms with Crippen LogP contribution in [0.4, 0.5) is 0 Å². The van der Waals surface area contributed by atoms with E-state index in [1.165, 1.54) is 16.7 Å². The maximum absolute atomic E-state index is 10.1. The Morgan fingerprint density at radius 1 is 1.40 bits per heavy atom. The van der Waals surface area contributed by atoms with Gasteiger partial charge in [-0.1, -0.05) is 28.1 Å². The number of rotatable bonds is 2. The first kappa shape index (κ1) is 11.1. The molecule has 1 aromatic carbocycles. The van der Waals surface area contributed by atoms with Crippen LogP contribution in [0.3, 0.4) is 0 Å². The fourth-order valence-corrected chi connectivity index (χ4v) is 2.33. The molecular formula is C12H16BrNO. The largest absolute Gasteiger partial charge is 0.387 e. The molecule has 2 rings (SSSR count). The summed E-state index contributed by atoms with van der Waals surface area (Å²) in [4.78, 5) is 0. The number of aliphatic hydroxyl groups is 1. The summed E-state index contributed by atoms with van der Waals surface area (Å²) in [6.07, 6.45) is 0.741. The second kappa shape index (κ2) is 3.89. The third-order valence-electron chi connectivity index (χ3n) is 3.12.